The largest absolute Gasteiger partial charge is 0.370 e. The van der Waals surface area contributed by atoms with E-state index in [1.807, 2.05) is 28.8 Å². The number of nitrogens with two attached hydrogens (primary N) is 1. The van der Waals surface area contributed by atoms with Crippen molar-refractivity contribution >= 4 is 29.2 Å². The van der Waals surface area contributed by atoms with E-state index in [2.05, 4.69) is 4.98 Å². The summed E-state index contributed by atoms with van der Waals surface area (Å²) in [6.45, 7) is 0.935. The number of primary amides is 1. The Hall–Kier alpha value is -1.66. The van der Waals surface area contributed by atoms with Gasteiger partial charge in [-0.05, 0) is 24.4 Å². The van der Waals surface area contributed by atoms with Gasteiger partial charge in [0.05, 0.1) is 17.6 Å². The van der Waals surface area contributed by atoms with Gasteiger partial charge in [0.2, 0.25) is 5.91 Å². The fourth-order valence-corrected chi connectivity index (χ4v) is 1.96. The maximum absolute atomic E-state index is 10.5. The topological polar surface area (TPSA) is 73.0 Å². The van der Waals surface area contributed by atoms with Crippen LogP contribution in [0.2, 0.25) is 0 Å². The van der Waals surface area contributed by atoms with Gasteiger partial charge in [-0.3, -0.25) is 4.79 Å². The number of nitrogens with zero attached hydrogens (tertiary/aromatic N) is 1. The van der Waals surface area contributed by atoms with Crippen LogP contribution in [0.25, 0.3) is 11.0 Å². The number of para-hydroxylation sites is 2. The molecule has 2 rings (SSSR count). The molecule has 0 radical (unpaired) electrons. The zero-order valence-corrected chi connectivity index (χ0v) is 10.00. The van der Waals surface area contributed by atoms with Crippen LogP contribution in [0.5, 0.6) is 0 Å². The monoisotopic (exact) mass is 251 g/mol. The summed E-state index contributed by atoms with van der Waals surface area (Å²) in [5.41, 5.74) is 7.00. The number of benzene rings is 1. The van der Waals surface area contributed by atoms with Crippen molar-refractivity contribution < 1.29 is 9.53 Å². The molecular formula is C11H13N3O2S. The second kappa shape index (κ2) is 5.11. The predicted molar refractivity (Wildman–Crippen MR) is 67.1 cm³/mol. The molecule has 1 amide bonds. The molecule has 0 spiro atoms. The van der Waals surface area contributed by atoms with Crippen LogP contribution in [-0.2, 0) is 16.1 Å². The second-order valence-corrected chi connectivity index (χ2v) is 4.00. The minimum absolute atomic E-state index is 0.0598. The molecule has 0 fully saturated rings. The highest BCUT2D eigenvalue weighted by Crippen LogP contribution is 2.12. The fourth-order valence-electron chi connectivity index (χ4n) is 1.66. The highest BCUT2D eigenvalue weighted by molar-refractivity contribution is 7.71. The van der Waals surface area contributed by atoms with Gasteiger partial charge in [-0.15, -0.1) is 0 Å². The van der Waals surface area contributed by atoms with Crippen molar-refractivity contribution in [2.75, 3.05) is 13.2 Å². The summed E-state index contributed by atoms with van der Waals surface area (Å²) < 4.78 is 7.70. The number of H-pyrrole nitrogens is 1. The van der Waals surface area contributed by atoms with Crippen molar-refractivity contribution in [2.45, 2.75) is 6.54 Å². The van der Waals surface area contributed by atoms with Crippen LogP contribution in [-0.4, -0.2) is 28.7 Å². The van der Waals surface area contributed by atoms with Gasteiger partial charge in [0.15, 0.2) is 4.77 Å². The lowest BCUT2D eigenvalue weighted by Gasteiger charge is -2.04. The molecule has 0 saturated carbocycles. The number of ether oxygens (including phenoxy) is 1. The van der Waals surface area contributed by atoms with E-state index in [4.69, 9.17) is 22.7 Å². The summed E-state index contributed by atoms with van der Waals surface area (Å²) in [5.74, 6) is -0.465. The highest BCUT2D eigenvalue weighted by Gasteiger charge is 2.03. The molecule has 1 aromatic carbocycles. The first-order valence-corrected chi connectivity index (χ1v) is 5.63. The third kappa shape index (κ3) is 2.72. The van der Waals surface area contributed by atoms with Crippen LogP contribution in [0.15, 0.2) is 24.3 Å². The molecule has 17 heavy (non-hydrogen) atoms. The van der Waals surface area contributed by atoms with Gasteiger partial charge in [0.1, 0.15) is 6.61 Å². The molecule has 0 aliphatic carbocycles. The number of aromatic amines is 1. The highest BCUT2D eigenvalue weighted by atomic mass is 32.1. The Balaban J connectivity index is 2.10. The van der Waals surface area contributed by atoms with E-state index in [0.29, 0.717) is 17.9 Å². The lowest BCUT2D eigenvalue weighted by molar-refractivity contribution is -0.122. The van der Waals surface area contributed by atoms with Gasteiger partial charge in [0, 0.05) is 6.54 Å². The van der Waals surface area contributed by atoms with E-state index >= 15 is 0 Å². The summed E-state index contributed by atoms with van der Waals surface area (Å²) in [6.07, 6.45) is 0. The number of carbonyl (C=O) groups is 1. The first-order valence-electron chi connectivity index (χ1n) is 5.22. The quantitative estimate of drug-likeness (QED) is 0.619. The van der Waals surface area contributed by atoms with E-state index in [-0.39, 0.29) is 6.61 Å². The first kappa shape index (κ1) is 11.8. The van der Waals surface area contributed by atoms with Gasteiger partial charge in [0.25, 0.3) is 0 Å². The maximum Gasteiger partial charge on any atom is 0.243 e. The molecule has 0 aliphatic heterocycles. The van der Waals surface area contributed by atoms with Crippen molar-refractivity contribution in [3.63, 3.8) is 0 Å². The van der Waals surface area contributed by atoms with E-state index in [1.165, 1.54) is 0 Å². The van der Waals surface area contributed by atoms with Crippen LogP contribution in [0.1, 0.15) is 0 Å². The lowest BCUT2D eigenvalue weighted by Crippen LogP contribution is -2.19. The van der Waals surface area contributed by atoms with Crippen LogP contribution in [0.4, 0.5) is 0 Å². The molecule has 0 unspecified atom stereocenters. The van der Waals surface area contributed by atoms with Crippen LogP contribution in [0.3, 0.4) is 0 Å². The zero-order chi connectivity index (χ0) is 12.3. The second-order valence-electron chi connectivity index (χ2n) is 3.62. The number of fused-ring (bicyclic) bond motifs is 1. The number of imidazole rings is 1. The first-order chi connectivity index (χ1) is 8.18. The number of carbonyl (C=O) groups excluding carboxylic acids is 1. The number of amides is 1. The molecule has 1 heterocycles. The Labute approximate surface area is 103 Å². The van der Waals surface area contributed by atoms with Gasteiger partial charge in [-0.2, -0.15) is 0 Å². The van der Waals surface area contributed by atoms with E-state index in [1.54, 1.807) is 0 Å². The molecule has 2 aromatic rings. The molecule has 6 heteroatoms. The van der Waals surface area contributed by atoms with Crippen molar-refractivity contribution in [1.82, 2.24) is 9.55 Å². The molecule has 0 saturated heterocycles. The average Bonchev–Trinajstić information content (AvgIpc) is 2.60. The van der Waals surface area contributed by atoms with Crippen molar-refractivity contribution in [3.05, 3.63) is 29.0 Å². The summed E-state index contributed by atoms with van der Waals surface area (Å²) >= 11 is 5.21. The van der Waals surface area contributed by atoms with E-state index < -0.39 is 5.91 Å². The predicted octanol–water partition coefficient (Wildman–Crippen LogP) is 1.20. The summed E-state index contributed by atoms with van der Waals surface area (Å²) in [5, 5.41) is 0. The SMILES string of the molecule is NC(=O)COCCn1c(=S)[nH]c2ccccc21. The third-order valence-electron chi connectivity index (χ3n) is 2.39. The Morgan fingerprint density at radius 1 is 1.47 bits per heavy atom. The lowest BCUT2D eigenvalue weighted by atomic mass is 10.3. The molecule has 3 N–H and O–H groups in total. The van der Waals surface area contributed by atoms with Gasteiger partial charge in [-0.25, -0.2) is 0 Å². The third-order valence-corrected chi connectivity index (χ3v) is 2.71. The molecular weight excluding hydrogens is 238 g/mol. The van der Waals surface area contributed by atoms with Crippen molar-refractivity contribution in [2.24, 2.45) is 5.73 Å². The Bertz CT molecular complexity index is 588. The van der Waals surface area contributed by atoms with Gasteiger partial charge in [-0.1, -0.05) is 12.1 Å². The number of nitrogens with one attached hydrogen (secondary N) is 1. The molecule has 0 aliphatic rings. The van der Waals surface area contributed by atoms with Crippen LogP contribution < -0.4 is 5.73 Å². The molecule has 0 atom stereocenters. The van der Waals surface area contributed by atoms with Crippen molar-refractivity contribution in [3.8, 4) is 0 Å². The minimum Gasteiger partial charge on any atom is -0.370 e. The molecule has 90 valence electrons. The fraction of sp³-hybridized carbons (Fsp3) is 0.273. The number of aromatic nitrogens is 2. The minimum atomic E-state index is -0.465. The number of hydrogen-bond donors (Lipinski definition) is 2. The van der Waals surface area contributed by atoms with E-state index in [0.717, 1.165) is 11.0 Å². The maximum atomic E-state index is 10.5. The van der Waals surface area contributed by atoms with Crippen LogP contribution >= 0.6 is 12.2 Å². The van der Waals surface area contributed by atoms with Gasteiger partial charge >= 0.3 is 0 Å². The zero-order valence-electron chi connectivity index (χ0n) is 9.18. The molecule has 5 nitrogen and oxygen atoms in total. The number of rotatable bonds is 5. The summed E-state index contributed by atoms with van der Waals surface area (Å²) in [7, 11) is 0. The Morgan fingerprint density at radius 2 is 2.24 bits per heavy atom. The normalized spacial score (nSPS) is 10.8. The molecule has 1 aromatic heterocycles. The summed E-state index contributed by atoms with van der Waals surface area (Å²) in [6, 6.07) is 7.84. The summed E-state index contributed by atoms with van der Waals surface area (Å²) in [4.78, 5) is 13.6. The van der Waals surface area contributed by atoms with Gasteiger partial charge < -0.3 is 20.0 Å². The standard InChI is InChI=1S/C11H13N3O2S/c12-10(15)7-16-6-5-14-9-4-2-1-3-8(9)13-11(14)17/h1-4H,5-7H2,(H2,12,15)(H,13,17). The van der Waals surface area contributed by atoms with E-state index in [9.17, 15) is 4.79 Å². The Kier molecular flexibility index (Phi) is 3.55. The Morgan fingerprint density at radius 3 is 3.00 bits per heavy atom. The molecule has 0 bridgehead atoms. The van der Waals surface area contributed by atoms with Crippen LogP contribution in [0, 0.1) is 4.77 Å². The smallest absolute Gasteiger partial charge is 0.243 e. The van der Waals surface area contributed by atoms with Crippen molar-refractivity contribution in [1.29, 1.82) is 0 Å². The average molecular weight is 251 g/mol. The number of hydrogen-bond acceptors (Lipinski definition) is 3.